The van der Waals surface area contributed by atoms with Crippen molar-refractivity contribution in [2.24, 2.45) is 5.14 Å². The Hall–Kier alpha value is -3.69. The Kier molecular flexibility index (Phi) is 6.41. The maximum atomic E-state index is 13.1. The second-order valence-corrected chi connectivity index (χ2v) is 9.58. The van der Waals surface area contributed by atoms with Crippen LogP contribution in [0.3, 0.4) is 0 Å². The molecule has 8 nitrogen and oxygen atoms in total. The standard InChI is InChI=1S/C25H27N5O3S/c1-4-16-8-6-9-17(5-2)23(16)27-25(31)30(3)19-12-13-22-21(15-19)24(29-28-22)18-10-7-11-20(14-18)34(26,32)33/h6-15H,4-5H2,1-3H3,(H,27,31)(H,28,29)(H2,26,32,33). The molecule has 1 heterocycles. The number of sulfonamides is 1. The molecule has 4 rings (SSSR count). The maximum absolute atomic E-state index is 13.1. The summed E-state index contributed by atoms with van der Waals surface area (Å²) in [4.78, 5) is 14.7. The van der Waals surface area contributed by atoms with E-state index in [1.165, 1.54) is 12.1 Å². The van der Waals surface area contributed by atoms with E-state index in [1.807, 2.05) is 36.4 Å². The van der Waals surface area contributed by atoms with E-state index >= 15 is 0 Å². The molecule has 176 valence electrons. The van der Waals surface area contributed by atoms with E-state index in [0.29, 0.717) is 16.9 Å². The van der Waals surface area contributed by atoms with Crippen molar-refractivity contribution in [3.05, 3.63) is 71.8 Å². The van der Waals surface area contributed by atoms with Crippen LogP contribution in [-0.4, -0.2) is 31.7 Å². The monoisotopic (exact) mass is 477 g/mol. The molecule has 4 N–H and O–H groups in total. The molecule has 0 saturated heterocycles. The summed E-state index contributed by atoms with van der Waals surface area (Å²) in [5, 5.41) is 16.4. The molecule has 0 aliphatic carbocycles. The van der Waals surface area contributed by atoms with Gasteiger partial charge in [-0.05, 0) is 54.3 Å². The molecule has 1 aromatic heterocycles. The van der Waals surface area contributed by atoms with Crippen molar-refractivity contribution in [2.75, 3.05) is 17.3 Å². The van der Waals surface area contributed by atoms with Crippen LogP contribution in [0.25, 0.3) is 22.2 Å². The molecule has 0 aliphatic rings. The van der Waals surface area contributed by atoms with E-state index < -0.39 is 10.0 Å². The lowest BCUT2D eigenvalue weighted by molar-refractivity contribution is 0.258. The SMILES string of the molecule is CCc1cccc(CC)c1NC(=O)N(C)c1ccc2[nH]nc(-c3cccc(S(N)(=O)=O)c3)c2c1. The number of benzene rings is 3. The number of hydrogen-bond donors (Lipinski definition) is 3. The summed E-state index contributed by atoms with van der Waals surface area (Å²) in [5.74, 6) is 0. The first-order valence-electron chi connectivity index (χ1n) is 11.0. The second kappa shape index (κ2) is 9.28. The van der Waals surface area contributed by atoms with E-state index in [9.17, 15) is 13.2 Å². The fraction of sp³-hybridized carbons (Fsp3) is 0.200. The minimum absolute atomic E-state index is 0.00937. The molecule has 9 heteroatoms. The molecule has 0 radical (unpaired) electrons. The van der Waals surface area contributed by atoms with Gasteiger partial charge in [-0.2, -0.15) is 5.10 Å². The number of primary sulfonamides is 1. The fourth-order valence-corrected chi connectivity index (χ4v) is 4.52. The summed E-state index contributed by atoms with van der Waals surface area (Å²) in [6, 6.07) is 17.6. The maximum Gasteiger partial charge on any atom is 0.326 e. The molecule has 0 saturated carbocycles. The number of aryl methyl sites for hydroxylation is 2. The molecule has 34 heavy (non-hydrogen) atoms. The summed E-state index contributed by atoms with van der Waals surface area (Å²) in [6.45, 7) is 4.13. The van der Waals surface area contributed by atoms with Gasteiger partial charge in [-0.3, -0.25) is 10.00 Å². The first-order valence-corrected chi connectivity index (χ1v) is 12.5. The number of nitrogens with two attached hydrogens (primary N) is 1. The van der Waals surface area contributed by atoms with Crippen LogP contribution in [0, 0.1) is 0 Å². The van der Waals surface area contributed by atoms with Gasteiger partial charge in [-0.25, -0.2) is 18.4 Å². The normalized spacial score (nSPS) is 11.5. The van der Waals surface area contributed by atoms with Crippen molar-refractivity contribution in [3.8, 4) is 11.3 Å². The summed E-state index contributed by atoms with van der Waals surface area (Å²) in [6.07, 6.45) is 1.63. The summed E-state index contributed by atoms with van der Waals surface area (Å²) in [5.41, 5.74) is 5.63. The molecule has 0 atom stereocenters. The number of para-hydroxylation sites is 1. The molecule has 0 aliphatic heterocycles. The lowest BCUT2D eigenvalue weighted by Gasteiger charge is -2.21. The van der Waals surface area contributed by atoms with Gasteiger partial charge in [0.15, 0.2) is 0 Å². The van der Waals surface area contributed by atoms with Gasteiger partial charge in [0, 0.05) is 29.4 Å². The van der Waals surface area contributed by atoms with E-state index in [4.69, 9.17) is 5.14 Å². The number of carbonyl (C=O) groups is 1. The molecule has 0 fully saturated rings. The second-order valence-electron chi connectivity index (χ2n) is 8.02. The highest BCUT2D eigenvalue weighted by atomic mass is 32.2. The van der Waals surface area contributed by atoms with E-state index in [2.05, 4.69) is 29.4 Å². The highest BCUT2D eigenvalue weighted by Gasteiger charge is 2.18. The first kappa shape index (κ1) is 23.5. The summed E-state index contributed by atoms with van der Waals surface area (Å²) >= 11 is 0. The number of amides is 2. The molecule has 0 unspecified atom stereocenters. The zero-order chi connectivity index (χ0) is 24.5. The Labute approximate surface area is 198 Å². The molecular weight excluding hydrogens is 450 g/mol. The van der Waals surface area contributed by atoms with E-state index in [0.717, 1.165) is 40.6 Å². The summed E-state index contributed by atoms with van der Waals surface area (Å²) in [7, 11) is -2.14. The number of H-pyrrole nitrogens is 1. The number of nitrogens with one attached hydrogen (secondary N) is 2. The van der Waals surface area contributed by atoms with Crippen LogP contribution in [0.1, 0.15) is 25.0 Å². The molecule has 3 aromatic carbocycles. The van der Waals surface area contributed by atoms with Crippen molar-refractivity contribution >= 4 is 38.3 Å². The molecular formula is C25H27N5O3S. The average molecular weight is 478 g/mol. The number of carbonyl (C=O) groups excluding carboxylic acids is 1. The van der Waals surface area contributed by atoms with E-state index in [1.54, 1.807) is 24.1 Å². The van der Waals surface area contributed by atoms with Gasteiger partial charge in [0.2, 0.25) is 10.0 Å². The van der Waals surface area contributed by atoms with Crippen LogP contribution in [-0.2, 0) is 22.9 Å². The molecule has 4 aromatic rings. The third-order valence-corrected chi connectivity index (χ3v) is 6.82. The molecule has 0 spiro atoms. The van der Waals surface area contributed by atoms with Gasteiger partial charge in [0.05, 0.1) is 10.4 Å². The van der Waals surface area contributed by atoms with Crippen LogP contribution < -0.4 is 15.4 Å². The van der Waals surface area contributed by atoms with Gasteiger partial charge in [0.25, 0.3) is 0 Å². The van der Waals surface area contributed by atoms with Crippen LogP contribution in [0.2, 0.25) is 0 Å². The number of urea groups is 1. The third kappa shape index (κ3) is 4.52. The Balaban J connectivity index is 1.68. The third-order valence-electron chi connectivity index (χ3n) is 5.91. The highest BCUT2D eigenvalue weighted by molar-refractivity contribution is 7.89. The topological polar surface area (TPSA) is 121 Å². The number of aromatic nitrogens is 2. The van der Waals surface area contributed by atoms with Gasteiger partial charge in [-0.15, -0.1) is 0 Å². The Morgan fingerprint density at radius 3 is 2.35 bits per heavy atom. The smallest absolute Gasteiger partial charge is 0.307 e. The van der Waals surface area contributed by atoms with Crippen LogP contribution >= 0.6 is 0 Å². The van der Waals surface area contributed by atoms with Crippen molar-refractivity contribution < 1.29 is 13.2 Å². The lowest BCUT2D eigenvalue weighted by atomic mass is 10.0. The predicted molar refractivity (Wildman–Crippen MR) is 136 cm³/mol. The van der Waals surface area contributed by atoms with Gasteiger partial charge in [-0.1, -0.05) is 44.2 Å². The van der Waals surface area contributed by atoms with Gasteiger partial charge < -0.3 is 5.32 Å². The van der Waals surface area contributed by atoms with E-state index in [-0.39, 0.29) is 10.9 Å². The molecule has 0 bridgehead atoms. The number of hydrogen-bond acceptors (Lipinski definition) is 4. The van der Waals surface area contributed by atoms with Crippen molar-refractivity contribution in [2.45, 2.75) is 31.6 Å². The first-order chi connectivity index (χ1) is 16.2. The number of fused-ring (bicyclic) bond motifs is 1. The fourth-order valence-electron chi connectivity index (χ4n) is 3.96. The van der Waals surface area contributed by atoms with Crippen molar-refractivity contribution in [1.29, 1.82) is 0 Å². The zero-order valence-corrected chi connectivity index (χ0v) is 20.1. The van der Waals surface area contributed by atoms with Crippen molar-refractivity contribution in [3.63, 3.8) is 0 Å². The predicted octanol–water partition coefficient (Wildman–Crippen LogP) is 4.67. The number of nitrogens with zero attached hydrogens (tertiary/aromatic N) is 2. The largest absolute Gasteiger partial charge is 0.326 e. The summed E-state index contributed by atoms with van der Waals surface area (Å²) < 4.78 is 23.6. The number of anilines is 2. The number of aromatic amines is 1. The minimum atomic E-state index is -3.84. The Morgan fingerprint density at radius 2 is 1.71 bits per heavy atom. The van der Waals surface area contributed by atoms with Gasteiger partial charge >= 0.3 is 6.03 Å². The quantitative estimate of drug-likeness (QED) is 0.374. The highest BCUT2D eigenvalue weighted by Crippen LogP contribution is 2.31. The Morgan fingerprint density at radius 1 is 1.03 bits per heavy atom. The molecule has 2 amide bonds. The van der Waals surface area contributed by atoms with Gasteiger partial charge in [0.1, 0.15) is 5.69 Å². The van der Waals surface area contributed by atoms with Crippen molar-refractivity contribution in [1.82, 2.24) is 10.2 Å². The Bertz CT molecular complexity index is 1450. The average Bonchev–Trinajstić information content (AvgIpc) is 3.26. The lowest BCUT2D eigenvalue weighted by Crippen LogP contribution is -2.31. The van der Waals surface area contributed by atoms with Crippen LogP contribution in [0.15, 0.2) is 65.6 Å². The minimum Gasteiger partial charge on any atom is -0.307 e. The zero-order valence-electron chi connectivity index (χ0n) is 19.3. The van der Waals surface area contributed by atoms with Crippen LogP contribution in [0.5, 0.6) is 0 Å². The number of rotatable bonds is 6. The van der Waals surface area contributed by atoms with Crippen LogP contribution in [0.4, 0.5) is 16.2 Å².